The number of nitrogen functional groups attached to an aromatic ring is 1. The van der Waals surface area contributed by atoms with Gasteiger partial charge in [0.25, 0.3) is 5.91 Å². The highest BCUT2D eigenvalue weighted by Gasteiger charge is 2.15. The van der Waals surface area contributed by atoms with Gasteiger partial charge in [0.05, 0.1) is 0 Å². The zero-order valence-corrected chi connectivity index (χ0v) is 10.9. The average Bonchev–Trinajstić information content (AvgIpc) is 2.41. The van der Waals surface area contributed by atoms with Crippen molar-refractivity contribution in [3.63, 3.8) is 0 Å². The summed E-state index contributed by atoms with van der Waals surface area (Å²) < 4.78 is 11.2. The summed E-state index contributed by atoms with van der Waals surface area (Å²) in [5.74, 6) is 6.30. The van der Waals surface area contributed by atoms with Crippen LogP contribution in [-0.2, 0) is 17.3 Å². The molecule has 0 atom stereocenters. The number of nitrogens with two attached hydrogens (primary N) is 1. The van der Waals surface area contributed by atoms with Crippen LogP contribution in [0.25, 0.3) is 0 Å². The Bertz CT molecular complexity index is 437. The molecule has 1 heterocycles. The van der Waals surface area contributed by atoms with Crippen molar-refractivity contribution >= 4 is 16.7 Å². The van der Waals surface area contributed by atoms with Crippen LogP contribution in [0.4, 0.5) is 0 Å². The summed E-state index contributed by atoms with van der Waals surface area (Å²) in [5.41, 5.74) is 3.81. The van der Waals surface area contributed by atoms with E-state index in [1.54, 1.807) is 12.1 Å². The lowest BCUT2D eigenvalue weighted by Crippen LogP contribution is -2.37. The van der Waals surface area contributed by atoms with Crippen LogP contribution < -0.4 is 11.3 Å². The minimum atomic E-state index is -0.638. The first-order valence-electron chi connectivity index (χ1n) is 5.86. The molecule has 1 fully saturated rings. The second-order valence-corrected chi connectivity index (χ2v) is 5.99. The molecule has 0 saturated carbocycles. The van der Waals surface area contributed by atoms with Crippen LogP contribution in [0.3, 0.4) is 0 Å². The molecule has 0 unspecified atom stereocenters. The van der Waals surface area contributed by atoms with Crippen molar-refractivity contribution in [2.24, 2.45) is 5.84 Å². The minimum absolute atomic E-state index is 0.282. The molecule has 0 radical (unpaired) electrons. The van der Waals surface area contributed by atoms with Gasteiger partial charge in [-0.25, -0.2) is 5.84 Å². The Labute approximate surface area is 109 Å². The molecule has 98 valence electrons. The molecule has 18 heavy (non-hydrogen) atoms. The fourth-order valence-corrected chi connectivity index (χ4v) is 3.06. The van der Waals surface area contributed by atoms with Gasteiger partial charge in [0, 0.05) is 47.5 Å². The van der Waals surface area contributed by atoms with E-state index in [-0.39, 0.29) is 5.91 Å². The highest BCUT2D eigenvalue weighted by molar-refractivity contribution is 7.85. The smallest absolute Gasteiger partial charge is 0.265 e. The van der Waals surface area contributed by atoms with E-state index in [1.165, 1.54) is 0 Å². The molecular formula is C12H17N3O2S. The first-order chi connectivity index (χ1) is 8.69. The molecule has 1 aromatic carbocycles. The Morgan fingerprint density at radius 1 is 1.28 bits per heavy atom. The van der Waals surface area contributed by atoms with Crippen molar-refractivity contribution in [1.29, 1.82) is 0 Å². The Kier molecular flexibility index (Phi) is 4.46. The van der Waals surface area contributed by atoms with E-state index in [9.17, 15) is 9.00 Å². The molecule has 1 aliphatic heterocycles. The van der Waals surface area contributed by atoms with E-state index < -0.39 is 10.8 Å². The third-order valence-corrected chi connectivity index (χ3v) is 4.30. The van der Waals surface area contributed by atoms with Gasteiger partial charge in [0.15, 0.2) is 0 Å². The van der Waals surface area contributed by atoms with Gasteiger partial charge in [-0.2, -0.15) is 0 Å². The molecule has 0 aliphatic carbocycles. The number of rotatable bonds is 3. The predicted molar refractivity (Wildman–Crippen MR) is 71.2 cm³/mol. The first kappa shape index (κ1) is 13.2. The quantitative estimate of drug-likeness (QED) is 0.454. The van der Waals surface area contributed by atoms with Crippen LogP contribution in [0.5, 0.6) is 0 Å². The summed E-state index contributed by atoms with van der Waals surface area (Å²) >= 11 is 0. The number of hydrogen-bond donors (Lipinski definition) is 2. The zero-order chi connectivity index (χ0) is 13.0. The van der Waals surface area contributed by atoms with Crippen molar-refractivity contribution in [2.45, 2.75) is 6.54 Å². The predicted octanol–water partition coefficient (Wildman–Crippen LogP) is -0.146. The SMILES string of the molecule is NNC(=O)c1ccc(CN2CCS(=O)CC2)cc1. The molecule has 1 saturated heterocycles. The molecule has 1 aromatic rings. The summed E-state index contributed by atoms with van der Waals surface area (Å²) in [4.78, 5) is 13.5. The van der Waals surface area contributed by atoms with Crippen molar-refractivity contribution in [1.82, 2.24) is 10.3 Å². The second-order valence-electron chi connectivity index (χ2n) is 4.29. The Morgan fingerprint density at radius 2 is 1.89 bits per heavy atom. The highest BCUT2D eigenvalue weighted by Crippen LogP contribution is 2.09. The van der Waals surface area contributed by atoms with Gasteiger partial charge >= 0.3 is 0 Å². The molecule has 2 rings (SSSR count). The van der Waals surface area contributed by atoms with Crippen molar-refractivity contribution < 1.29 is 9.00 Å². The number of carbonyl (C=O) groups is 1. The van der Waals surface area contributed by atoms with Crippen LogP contribution in [0, 0.1) is 0 Å². The molecule has 0 spiro atoms. The van der Waals surface area contributed by atoms with Gasteiger partial charge in [-0.3, -0.25) is 19.3 Å². The van der Waals surface area contributed by atoms with Gasteiger partial charge in [-0.1, -0.05) is 12.1 Å². The van der Waals surface area contributed by atoms with Gasteiger partial charge in [-0.05, 0) is 17.7 Å². The minimum Gasteiger partial charge on any atom is -0.297 e. The van der Waals surface area contributed by atoms with Gasteiger partial charge in [-0.15, -0.1) is 0 Å². The molecule has 0 bridgehead atoms. The number of benzene rings is 1. The molecule has 5 nitrogen and oxygen atoms in total. The van der Waals surface area contributed by atoms with Crippen LogP contribution in [0.2, 0.25) is 0 Å². The number of nitrogens with one attached hydrogen (secondary N) is 1. The van der Waals surface area contributed by atoms with Gasteiger partial charge in [0.2, 0.25) is 0 Å². The largest absolute Gasteiger partial charge is 0.297 e. The number of nitrogens with zero attached hydrogens (tertiary/aromatic N) is 1. The fourth-order valence-electron chi connectivity index (χ4n) is 1.94. The maximum atomic E-state index is 11.3. The van der Waals surface area contributed by atoms with E-state index in [4.69, 9.17) is 5.84 Å². The fraction of sp³-hybridized carbons (Fsp3) is 0.417. The summed E-state index contributed by atoms with van der Waals surface area (Å²) in [7, 11) is -0.638. The summed E-state index contributed by atoms with van der Waals surface area (Å²) in [6.07, 6.45) is 0. The maximum absolute atomic E-state index is 11.3. The zero-order valence-electron chi connectivity index (χ0n) is 10.1. The molecule has 0 aromatic heterocycles. The third-order valence-electron chi connectivity index (χ3n) is 3.02. The van der Waals surface area contributed by atoms with Crippen LogP contribution in [0.1, 0.15) is 15.9 Å². The summed E-state index contributed by atoms with van der Waals surface area (Å²) in [6.45, 7) is 2.58. The molecule has 6 heteroatoms. The lowest BCUT2D eigenvalue weighted by molar-refractivity contribution is 0.0953. The number of hydrazine groups is 1. The van der Waals surface area contributed by atoms with E-state index in [1.807, 2.05) is 12.1 Å². The van der Waals surface area contributed by atoms with Crippen molar-refractivity contribution in [2.75, 3.05) is 24.6 Å². The normalized spacial score (nSPS) is 17.6. The van der Waals surface area contributed by atoms with Crippen LogP contribution in [-0.4, -0.2) is 39.6 Å². The Morgan fingerprint density at radius 3 is 2.44 bits per heavy atom. The number of hydrogen-bond acceptors (Lipinski definition) is 4. The first-order valence-corrected chi connectivity index (χ1v) is 7.35. The average molecular weight is 267 g/mol. The monoisotopic (exact) mass is 267 g/mol. The van der Waals surface area contributed by atoms with Gasteiger partial charge < -0.3 is 0 Å². The topological polar surface area (TPSA) is 75.4 Å². The van der Waals surface area contributed by atoms with E-state index in [0.717, 1.165) is 36.7 Å². The Balaban J connectivity index is 1.94. The summed E-state index contributed by atoms with van der Waals surface area (Å²) in [6, 6.07) is 7.38. The molecular weight excluding hydrogens is 250 g/mol. The second kappa shape index (κ2) is 6.08. The Hall–Kier alpha value is -1.24. The van der Waals surface area contributed by atoms with Crippen LogP contribution >= 0.6 is 0 Å². The van der Waals surface area contributed by atoms with Crippen molar-refractivity contribution in [3.05, 3.63) is 35.4 Å². The van der Waals surface area contributed by atoms with Crippen LogP contribution in [0.15, 0.2) is 24.3 Å². The lowest BCUT2D eigenvalue weighted by Gasteiger charge is -2.26. The van der Waals surface area contributed by atoms with E-state index >= 15 is 0 Å². The van der Waals surface area contributed by atoms with E-state index in [2.05, 4.69) is 10.3 Å². The molecule has 1 amide bonds. The molecule has 1 aliphatic rings. The number of carbonyl (C=O) groups excluding carboxylic acids is 1. The maximum Gasteiger partial charge on any atom is 0.265 e. The lowest BCUT2D eigenvalue weighted by atomic mass is 10.1. The summed E-state index contributed by atoms with van der Waals surface area (Å²) in [5, 5.41) is 0. The third kappa shape index (κ3) is 3.38. The van der Waals surface area contributed by atoms with E-state index in [0.29, 0.717) is 5.56 Å². The molecule has 3 N–H and O–H groups in total. The number of amides is 1. The van der Waals surface area contributed by atoms with Crippen molar-refractivity contribution in [3.8, 4) is 0 Å². The standard InChI is InChI=1S/C12H17N3O2S/c13-14-12(16)11-3-1-10(2-4-11)9-15-5-7-18(17)8-6-15/h1-4H,5-9,13H2,(H,14,16). The highest BCUT2D eigenvalue weighted by atomic mass is 32.2. The van der Waals surface area contributed by atoms with Gasteiger partial charge in [0.1, 0.15) is 0 Å².